The zero-order chi connectivity index (χ0) is 6.62. The van der Waals surface area contributed by atoms with E-state index < -0.39 is 0 Å². The minimum atomic E-state index is 0.305. The van der Waals surface area contributed by atoms with Crippen molar-refractivity contribution < 1.29 is 0 Å². The second-order valence-electron chi connectivity index (χ2n) is 2.57. The van der Waals surface area contributed by atoms with Crippen LogP contribution in [0.3, 0.4) is 0 Å². The quantitative estimate of drug-likeness (QED) is 0.623. The molecular formula is C6H15NS. The van der Waals surface area contributed by atoms with Gasteiger partial charge in [-0.15, -0.1) is 0 Å². The minimum absolute atomic E-state index is 0.305. The van der Waals surface area contributed by atoms with Crippen LogP contribution in [0.2, 0.25) is 0 Å². The molecule has 2 heteroatoms. The largest absolute Gasteiger partial charge is 0.314 e. The Labute approximate surface area is 56.2 Å². The first-order chi connectivity index (χ1) is 3.62. The van der Waals surface area contributed by atoms with Gasteiger partial charge in [-0.25, -0.2) is 0 Å². The molecule has 0 aliphatic rings. The Morgan fingerprint density at radius 3 is 2.12 bits per heavy atom. The third-order valence-electron chi connectivity index (χ3n) is 1.18. The summed E-state index contributed by atoms with van der Waals surface area (Å²) in [4.78, 5) is 0. The van der Waals surface area contributed by atoms with Crippen molar-refractivity contribution in [3.05, 3.63) is 0 Å². The van der Waals surface area contributed by atoms with Gasteiger partial charge >= 0.3 is 0 Å². The third kappa shape index (κ3) is 3.33. The maximum Gasteiger partial charge on any atom is 0.0212 e. The van der Waals surface area contributed by atoms with Gasteiger partial charge in [-0.2, -0.15) is 11.8 Å². The lowest BCUT2D eigenvalue weighted by Crippen LogP contribution is -2.38. The molecule has 0 amide bonds. The maximum absolute atomic E-state index is 3.22. The minimum Gasteiger partial charge on any atom is -0.314 e. The zero-order valence-corrected chi connectivity index (χ0v) is 6.93. The van der Waals surface area contributed by atoms with Crippen molar-refractivity contribution in [3.8, 4) is 0 Å². The Hall–Kier alpha value is 0.310. The molecule has 0 aliphatic heterocycles. The molecule has 0 saturated carbocycles. The molecule has 0 aromatic rings. The van der Waals surface area contributed by atoms with E-state index in [0.29, 0.717) is 5.54 Å². The molecule has 0 bridgehead atoms. The summed E-state index contributed by atoms with van der Waals surface area (Å²) in [6, 6.07) is 0. The Bertz CT molecular complexity index is 61.5. The van der Waals surface area contributed by atoms with Crippen LogP contribution in [0.15, 0.2) is 0 Å². The lowest BCUT2D eigenvalue weighted by molar-refractivity contribution is 0.479. The highest BCUT2D eigenvalue weighted by molar-refractivity contribution is 7.98. The fraction of sp³-hybridized carbons (Fsp3) is 1.00. The Balaban J connectivity index is 3.37. The lowest BCUT2D eigenvalue weighted by Gasteiger charge is -2.21. The molecule has 0 aromatic heterocycles. The van der Waals surface area contributed by atoms with Gasteiger partial charge in [0.25, 0.3) is 0 Å². The van der Waals surface area contributed by atoms with Crippen LogP contribution in [-0.4, -0.2) is 24.6 Å². The van der Waals surface area contributed by atoms with Crippen LogP contribution >= 0.6 is 11.8 Å². The first kappa shape index (κ1) is 8.31. The van der Waals surface area contributed by atoms with Crippen LogP contribution in [-0.2, 0) is 0 Å². The Morgan fingerprint density at radius 2 is 2.00 bits per heavy atom. The van der Waals surface area contributed by atoms with E-state index in [1.165, 1.54) is 5.75 Å². The normalized spacial score (nSPS) is 12.0. The molecule has 0 rings (SSSR count). The average molecular weight is 133 g/mol. The molecule has 0 heterocycles. The highest BCUT2D eigenvalue weighted by Gasteiger charge is 2.11. The zero-order valence-electron chi connectivity index (χ0n) is 6.12. The third-order valence-corrected chi connectivity index (χ3v) is 2.19. The fourth-order valence-corrected chi connectivity index (χ4v) is 1.30. The Morgan fingerprint density at radius 1 is 1.50 bits per heavy atom. The second kappa shape index (κ2) is 3.36. The number of thioether (sulfide) groups is 1. The van der Waals surface area contributed by atoms with Gasteiger partial charge in [0.2, 0.25) is 0 Å². The standard InChI is InChI=1S/C6H15NS/c1-6(2,7-3)5-8-4/h7H,5H2,1-4H3. The topological polar surface area (TPSA) is 12.0 Å². The van der Waals surface area contributed by atoms with Crippen molar-refractivity contribution >= 4 is 11.8 Å². The first-order valence-electron chi connectivity index (χ1n) is 2.80. The molecule has 50 valence electrons. The lowest BCUT2D eigenvalue weighted by atomic mass is 10.1. The molecule has 0 atom stereocenters. The summed E-state index contributed by atoms with van der Waals surface area (Å²) in [6.07, 6.45) is 2.12. The molecule has 0 fully saturated rings. The predicted molar refractivity (Wildman–Crippen MR) is 41.5 cm³/mol. The van der Waals surface area contributed by atoms with Gasteiger partial charge in [0.1, 0.15) is 0 Å². The van der Waals surface area contributed by atoms with E-state index in [4.69, 9.17) is 0 Å². The molecule has 1 nitrogen and oxygen atoms in total. The van der Waals surface area contributed by atoms with Crippen molar-refractivity contribution in [1.82, 2.24) is 5.32 Å². The monoisotopic (exact) mass is 133 g/mol. The van der Waals surface area contributed by atoms with Gasteiger partial charge in [-0.3, -0.25) is 0 Å². The highest BCUT2D eigenvalue weighted by Crippen LogP contribution is 2.07. The fourth-order valence-electron chi connectivity index (χ4n) is 0.433. The van der Waals surface area contributed by atoms with Crippen molar-refractivity contribution in [2.75, 3.05) is 19.1 Å². The number of hydrogen-bond donors (Lipinski definition) is 1. The summed E-state index contributed by atoms with van der Waals surface area (Å²) in [5.41, 5.74) is 0.305. The number of rotatable bonds is 3. The summed E-state index contributed by atoms with van der Waals surface area (Å²) in [6.45, 7) is 4.40. The van der Waals surface area contributed by atoms with Crippen molar-refractivity contribution in [1.29, 1.82) is 0 Å². The average Bonchev–Trinajstić information content (AvgIpc) is 1.67. The molecule has 0 spiro atoms. The van der Waals surface area contributed by atoms with Gasteiger partial charge in [0.15, 0.2) is 0 Å². The van der Waals surface area contributed by atoms with Gasteiger partial charge in [-0.05, 0) is 27.2 Å². The van der Waals surface area contributed by atoms with Gasteiger partial charge in [0, 0.05) is 11.3 Å². The smallest absolute Gasteiger partial charge is 0.0212 e. The number of hydrogen-bond acceptors (Lipinski definition) is 2. The molecule has 1 N–H and O–H groups in total. The van der Waals surface area contributed by atoms with Crippen LogP contribution in [0, 0.1) is 0 Å². The van der Waals surface area contributed by atoms with Crippen LogP contribution < -0.4 is 5.32 Å². The van der Waals surface area contributed by atoms with E-state index in [0.717, 1.165) is 0 Å². The summed E-state index contributed by atoms with van der Waals surface area (Å²) < 4.78 is 0. The van der Waals surface area contributed by atoms with E-state index in [-0.39, 0.29) is 0 Å². The number of nitrogens with one attached hydrogen (secondary N) is 1. The van der Waals surface area contributed by atoms with E-state index in [9.17, 15) is 0 Å². The summed E-state index contributed by atoms with van der Waals surface area (Å²) >= 11 is 1.87. The molecule has 0 aliphatic carbocycles. The molecule has 0 aromatic carbocycles. The van der Waals surface area contributed by atoms with Crippen molar-refractivity contribution in [2.45, 2.75) is 19.4 Å². The maximum atomic E-state index is 3.22. The van der Waals surface area contributed by atoms with Gasteiger partial charge < -0.3 is 5.32 Å². The van der Waals surface area contributed by atoms with Crippen LogP contribution in [0.5, 0.6) is 0 Å². The predicted octanol–water partition coefficient (Wildman–Crippen LogP) is 1.35. The van der Waals surface area contributed by atoms with E-state index in [1.807, 2.05) is 18.8 Å². The van der Waals surface area contributed by atoms with E-state index in [2.05, 4.69) is 25.4 Å². The molecule has 0 radical (unpaired) electrons. The molecule has 0 saturated heterocycles. The van der Waals surface area contributed by atoms with E-state index >= 15 is 0 Å². The molecular weight excluding hydrogens is 118 g/mol. The first-order valence-corrected chi connectivity index (χ1v) is 4.19. The van der Waals surface area contributed by atoms with Crippen molar-refractivity contribution in [3.63, 3.8) is 0 Å². The van der Waals surface area contributed by atoms with E-state index in [1.54, 1.807) is 0 Å². The molecule has 0 unspecified atom stereocenters. The summed E-state index contributed by atoms with van der Waals surface area (Å²) in [7, 11) is 2.00. The van der Waals surface area contributed by atoms with Crippen LogP contribution in [0.25, 0.3) is 0 Å². The SMILES string of the molecule is CNC(C)(C)CSC. The Kier molecular flexibility index (Phi) is 3.49. The van der Waals surface area contributed by atoms with Crippen molar-refractivity contribution in [2.24, 2.45) is 0 Å². The second-order valence-corrected chi connectivity index (χ2v) is 3.43. The summed E-state index contributed by atoms with van der Waals surface area (Å²) in [5.74, 6) is 1.17. The highest BCUT2D eigenvalue weighted by atomic mass is 32.2. The van der Waals surface area contributed by atoms with Crippen LogP contribution in [0.4, 0.5) is 0 Å². The van der Waals surface area contributed by atoms with Gasteiger partial charge in [0.05, 0.1) is 0 Å². The molecule has 8 heavy (non-hydrogen) atoms. The van der Waals surface area contributed by atoms with Crippen LogP contribution in [0.1, 0.15) is 13.8 Å². The van der Waals surface area contributed by atoms with Gasteiger partial charge in [-0.1, -0.05) is 0 Å². The summed E-state index contributed by atoms with van der Waals surface area (Å²) in [5, 5.41) is 3.22.